The molecule has 1 saturated carbocycles. The molecule has 198 valence electrons. The van der Waals surface area contributed by atoms with E-state index in [1.807, 2.05) is 30.0 Å². The zero-order chi connectivity index (χ0) is 25.8. The van der Waals surface area contributed by atoms with Crippen molar-refractivity contribution in [1.82, 2.24) is 10.2 Å². The fourth-order valence-electron chi connectivity index (χ4n) is 5.94. The van der Waals surface area contributed by atoms with E-state index in [1.54, 1.807) is 12.1 Å². The summed E-state index contributed by atoms with van der Waals surface area (Å²) < 4.78 is 25.6. The molecule has 2 aliphatic heterocycles. The molecule has 0 radical (unpaired) electrons. The van der Waals surface area contributed by atoms with Crippen molar-refractivity contribution in [2.45, 2.75) is 76.5 Å². The van der Waals surface area contributed by atoms with Gasteiger partial charge in [-0.1, -0.05) is 38.0 Å². The summed E-state index contributed by atoms with van der Waals surface area (Å²) in [4.78, 5) is 28.4. The van der Waals surface area contributed by atoms with Crippen molar-refractivity contribution in [3.8, 4) is 5.75 Å². The smallest absolute Gasteiger partial charge is 0.261 e. The van der Waals surface area contributed by atoms with Crippen molar-refractivity contribution in [3.05, 3.63) is 65.0 Å². The first-order valence-electron chi connectivity index (χ1n) is 13.8. The molecule has 2 heterocycles. The number of carbonyl (C=O) groups excluding carboxylic acids is 2. The third kappa shape index (κ3) is 5.82. The van der Waals surface area contributed by atoms with Gasteiger partial charge in [0.25, 0.3) is 5.91 Å². The minimum absolute atomic E-state index is 0.0564. The second kappa shape index (κ2) is 11.6. The zero-order valence-electron chi connectivity index (χ0n) is 21.6. The maximum absolute atomic E-state index is 13.8. The minimum Gasteiger partial charge on any atom is -0.481 e. The molecule has 2 amide bonds. The Labute approximate surface area is 218 Å². The van der Waals surface area contributed by atoms with Gasteiger partial charge in [0, 0.05) is 25.6 Å². The van der Waals surface area contributed by atoms with Crippen molar-refractivity contribution in [2.24, 2.45) is 5.92 Å². The molecule has 3 atom stereocenters. The van der Waals surface area contributed by atoms with Crippen LogP contribution in [0.5, 0.6) is 5.75 Å². The molecule has 0 aromatic heterocycles. The average Bonchev–Trinajstić information content (AvgIpc) is 3.65. The van der Waals surface area contributed by atoms with Crippen molar-refractivity contribution >= 4 is 11.8 Å². The molecule has 3 aliphatic rings. The highest BCUT2D eigenvalue weighted by molar-refractivity contribution is 5.81. The molecule has 0 bridgehead atoms. The molecular formula is C30H37FN2O4. The van der Waals surface area contributed by atoms with Crippen LogP contribution in [0.1, 0.15) is 74.6 Å². The first kappa shape index (κ1) is 25.7. The number of benzene rings is 2. The lowest BCUT2D eigenvalue weighted by Gasteiger charge is -2.39. The molecule has 6 nitrogen and oxygen atoms in total. The van der Waals surface area contributed by atoms with E-state index in [0.717, 1.165) is 68.2 Å². The van der Waals surface area contributed by atoms with Crippen LogP contribution in [0, 0.1) is 11.7 Å². The van der Waals surface area contributed by atoms with E-state index >= 15 is 0 Å². The molecule has 1 N–H and O–H groups in total. The Bertz CT molecular complexity index is 1090. The van der Waals surface area contributed by atoms with E-state index in [-0.39, 0.29) is 35.7 Å². The molecule has 2 aromatic carbocycles. The minimum atomic E-state index is -0.622. The number of amides is 2. The quantitative estimate of drug-likeness (QED) is 0.548. The number of carbonyl (C=O) groups is 2. The standard InChI is InChI=1S/C30H37FN2O4/c1-2-27(29(34)32-19-25-8-5-17-36-25)37-24-14-11-20-15-16-33(30(35)22-6-3-4-7-22)28(26(20)18-24)21-9-12-23(31)13-10-21/h9-14,18,22,25,27-28H,2-8,15-17,19H2,1H3,(H,32,34)/t25-,27+,28-/m1/s1. The van der Waals surface area contributed by atoms with Gasteiger partial charge in [-0.05, 0) is 79.5 Å². The van der Waals surface area contributed by atoms with E-state index in [2.05, 4.69) is 5.32 Å². The molecule has 1 saturated heterocycles. The Hall–Kier alpha value is -2.93. The highest BCUT2D eigenvalue weighted by Crippen LogP contribution is 2.40. The fourth-order valence-corrected chi connectivity index (χ4v) is 5.94. The topological polar surface area (TPSA) is 67.9 Å². The van der Waals surface area contributed by atoms with E-state index in [9.17, 15) is 14.0 Å². The van der Waals surface area contributed by atoms with Crippen LogP contribution in [0.4, 0.5) is 4.39 Å². The van der Waals surface area contributed by atoms with E-state index in [0.29, 0.717) is 25.3 Å². The molecule has 1 aliphatic carbocycles. The number of nitrogens with zero attached hydrogens (tertiary/aromatic N) is 1. The monoisotopic (exact) mass is 508 g/mol. The number of rotatable bonds is 8. The normalized spacial score (nSPS) is 22.5. The van der Waals surface area contributed by atoms with Crippen LogP contribution in [0.3, 0.4) is 0 Å². The fraction of sp³-hybridized carbons (Fsp3) is 0.533. The molecule has 7 heteroatoms. The second-order valence-electron chi connectivity index (χ2n) is 10.5. The van der Waals surface area contributed by atoms with Crippen LogP contribution < -0.4 is 10.1 Å². The maximum atomic E-state index is 13.8. The van der Waals surface area contributed by atoms with Crippen LogP contribution in [-0.2, 0) is 20.7 Å². The first-order chi connectivity index (χ1) is 18.0. The molecule has 0 unspecified atom stereocenters. The number of hydrogen-bond donors (Lipinski definition) is 1. The molecule has 2 aromatic rings. The van der Waals surface area contributed by atoms with Gasteiger partial charge in [0.2, 0.25) is 5.91 Å². The van der Waals surface area contributed by atoms with Crippen LogP contribution in [0.2, 0.25) is 0 Å². The van der Waals surface area contributed by atoms with Crippen molar-refractivity contribution < 1.29 is 23.5 Å². The van der Waals surface area contributed by atoms with Crippen LogP contribution in [0.15, 0.2) is 42.5 Å². The molecule has 2 fully saturated rings. The Kier molecular flexibility index (Phi) is 8.08. The van der Waals surface area contributed by atoms with E-state index in [1.165, 1.54) is 12.1 Å². The summed E-state index contributed by atoms with van der Waals surface area (Å²) in [6.45, 7) is 3.80. The maximum Gasteiger partial charge on any atom is 0.261 e. The van der Waals surface area contributed by atoms with Gasteiger partial charge in [-0.15, -0.1) is 0 Å². The van der Waals surface area contributed by atoms with Gasteiger partial charge < -0.3 is 19.7 Å². The largest absolute Gasteiger partial charge is 0.481 e. The third-order valence-electron chi connectivity index (χ3n) is 7.99. The Balaban J connectivity index is 1.39. The lowest BCUT2D eigenvalue weighted by Crippen LogP contribution is -2.43. The van der Waals surface area contributed by atoms with Gasteiger partial charge in [0.1, 0.15) is 11.6 Å². The highest BCUT2D eigenvalue weighted by Gasteiger charge is 2.36. The summed E-state index contributed by atoms with van der Waals surface area (Å²) in [5, 5.41) is 2.97. The molecule has 37 heavy (non-hydrogen) atoms. The summed E-state index contributed by atoms with van der Waals surface area (Å²) in [7, 11) is 0. The Morgan fingerprint density at radius 1 is 1.11 bits per heavy atom. The van der Waals surface area contributed by atoms with Crippen molar-refractivity contribution in [2.75, 3.05) is 19.7 Å². The second-order valence-corrected chi connectivity index (χ2v) is 10.5. The number of ether oxygens (including phenoxy) is 2. The van der Waals surface area contributed by atoms with Gasteiger partial charge in [-0.3, -0.25) is 9.59 Å². The van der Waals surface area contributed by atoms with Gasteiger partial charge in [-0.25, -0.2) is 4.39 Å². The third-order valence-corrected chi connectivity index (χ3v) is 7.99. The summed E-state index contributed by atoms with van der Waals surface area (Å²) in [5.74, 6) is 0.388. The zero-order valence-corrected chi connectivity index (χ0v) is 21.6. The lowest BCUT2D eigenvalue weighted by atomic mass is 9.87. The number of hydrogen-bond acceptors (Lipinski definition) is 4. The summed E-state index contributed by atoms with van der Waals surface area (Å²) in [6.07, 6.45) is 6.77. The Morgan fingerprint density at radius 3 is 2.59 bits per heavy atom. The van der Waals surface area contributed by atoms with Gasteiger partial charge in [0.05, 0.1) is 12.1 Å². The SMILES string of the molecule is CC[C@H](Oc1ccc2c(c1)[C@@H](c1ccc(F)cc1)N(C(=O)C1CCCC1)CC2)C(=O)NC[C@H]1CCCO1. The number of halogens is 1. The lowest BCUT2D eigenvalue weighted by molar-refractivity contribution is -0.137. The molecule has 0 spiro atoms. The highest BCUT2D eigenvalue weighted by atomic mass is 19.1. The predicted octanol–water partition coefficient (Wildman–Crippen LogP) is 4.94. The van der Waals surface area contributed by atoms with E-state index in [4.69, 9.17) is 9.47 Å². The van der Waals surface area contributed by atoms with Crippen molar-refractivity contribution in [1.29, 1.82) is 0 Å². The number of nitrogens with one attached hydrogen (secondary N) is 1. The van der Waals surface area contributed by atoms with Crippen molar-refractivity contribution in [3.63, 3.8) is 0 Å². The average molecular weight is 509 g/mol. The predicted molar refractivity (Wildman–Crippen MR) is 139 cm³/mol. The summed E-state index contributed by atoms with van der Waals surface area (Å²) >= 11 is 0. The van der Waals surface area contributed by atoms with Crippen LogP contribution >= 0.6 is 0 Å². The van der Waals surface area contributed by atoms with Gasteiger partial charge in [-0.2, -0.15) is 0 Å². The van der Waals surface area contributed by atoms with Gasteiger partial charge >= 0.3 is 0 Å². The van der Waals surface area contributed by atoms with Crippen LogP contribution in [-0.4, -0.2) is 48.6 Å². The van der Waals surface area contributed by atoms with Crippen LogP contribution in [0.25, 0.3) is 0 Å². The first-order valence-corrected chi connectivity index (χ1v) is 13.8. The number of fused-ring (bicyclic) bond motifs is 1. The summed E-state index contributed by atoms with van der Waals surface area (Å²) in [5.41, 5.74) is 3.01. The summed E-state index contributed by atoms with van der Waals surface area (Å²) in [6, 6.07) is 12.0. The Morgan fingerprint density at radius 2 is 1.89 bits per heavy atom. The van der Waals surface area contributed by atoms with Gasteiger partial charge in [0.15, 0.2) is 6.10 Å². The molecular weight excluding hydrogens is 471 g/mol. The van der Waals surface area contributed by atoms with E-state index < -0.39 is 6.10 Å². The molecule has 5 rings (SSSR count).